The van der Waals surface area contributed by atoms with Crippen molar-refractivity contribution in [2.75, 3.05) is 12.5 Å². The van der Waals surface area contributed by atoms with Crippen molar-refractivity contribution < 1.29 is 19.4 Å². The lowest BCUT2D eigenvalue weighted by Gasteiger charge is -2.30. The Bertz CT molecular complexity index is 588. The van der Waals surface area contributed by atoms with Gasteiger partial charge in [-0.2, -0.15) is 0 Å². The Balaban J connectivity index is 2.43. The van der Waals surface area contributed by atoms with Crippen LogP contribution in [0.5, 0.6) is 5.75 Å². The molecule has 1 aromatic rings. The summed E-state index contributed by atoms with van der Waals surface area (Å²) < 4.78 is 5.04. The van der Waals surface area contributed by atoms with E-state index < -0.39 is 24.0 Å². The SMILES string of the molecule is CCOC(=O)C1C(CCl)=NC(=O)NC1c1cccc(O)c1. The van der Waals surface area contributed by atoms with Gasteiger partial charge in [0.25, 0.3) is 0 Å². The van der Waals surface area contributed by atoms with Crippen LogP contribution < -0.4 is 5.32 Å². The van der Waals surface area contributed by atoms with Gasteiger partial charge in [-0.25, -0.2) is 9.79 Å². The highest BCUT2D eigenvalue weighted by Gasteiger charge is 2.39. The molecule has 0 spiro atoms. The summed E-state index contributed by atoms with van der Waals surface area (Å²) in [6.07, 6.45) is 0. The van der Waals surface area contributed by atoms with E-state index in [0.29, 0.717) is 5.56 Å². The number of halogens is 1. The molecule has 0 fully saturated rings. The first-order valence-corrected chi connectivity index (χ1v) is 6.99. The van der Waals surface area contributed by atoms with E-state index in [2.05, 4.69) is 10.3 Å². The lowest BCUT2D eigenvalue weighted by molar-refractivity contribution is -0.146. The summed E-state index contributed by atoms with van der Waals surface area (Å²) in [6.45, 7) is 1.91. The first-order chi connectivity index (χ1) is 10.1. The number of rotatable bonds is 4. The van der Waals surface area contributed by atoms with Crippen molar-refractivity contribution in [1.82, 2.24) is 5.32 Å². The Labute approximate surface area is 126 Å². The number of benzene rings is 1. The Morgan fingerprint density at radius 2 is 2.29 bits per heavy atom. The highest BCUT2D eigenvalue weighted by Crippen LogP contribution is 2.30. The van der Waals surface area contributed by atoms with Crippen molar-refractivity contribution in [1.29, 1.82) is 0 Å². The molecule has 0 aliphatic carbocycles. The summed E-state index contributed by atoms with van der Waals surface area (Å²) in [6, 6.07) is 5.08. The molecule has 2 atom stereocenters. The zero-order valence-electron chi connectivity index (χ0n) is 11.4. The molecule has 1 aliphatic rings. The van der Waals surface area contributed by atoms with E-state index in [1.807, 2.05) is 0 Å². The zero-order chi connectivity index (χ0) is 15.4. The van der Waals surface area contributed by atoms with Crippen LogP contribution in [-0.4, -0.2) is 35.3 Å². The molecule has 0 radical (unpaired) electrons. The van der Waals surface area contributed by atoms with Gasteiger partial charge in [0.2, 0.25) is 0 Å². The van der Waals surface area contributed by atoms with E-state index >= 15 is 0 Å². The number of phenols is 1. The molecule has 7 heteroatoms. The van der Waals surface area contributed by atoms with Crippen molar-refractivity contribution in [3.05, 3.63) is 29.8 Å². The standard InChI is InChI=1S/C14H15ClN2O4/c1-2-21-13(19)11-10(7-15)16-14(20)17-12(11)8-4-3-5-9(18)6-8/h3-6,11-12,18H,2,7H2,1H3,(H,17,20). The normalized spacial score (nSPS) is 21.4. The van der Waals surface area contributed by atoms with Crippen LogP contribution in [0.3, 0.4) is 0 Å². The van der Waals surface area contributed by atoms with Gasteiger partial charge in [-0.15, -0.1) is 11.6 Å². The number of urea groups is 1. The van der Waals surface area contributed by atoms with Crippen LogP contribution in [0.25, 0.3) is 0 Å². The minimum Gasteiger partial charge on any atom is -0.508 e. The highest BCUT2D eigenvalue weighted by molar-refractivity contribution is 6.32. The number of amides is 2. The highest BCUT2D eigenvalue weighted by atomic mass is 35.5. The summed E-state index contributed by atoms with van der Waals surface area (Å²) in [5, 5.41) is 12.2. The number of hydrogen-bond donors (Lipinski definition) is 2. The summed E-state index contributed by atoms with van der Waals surface area (Å²) in [7, 11) is 0. The summed E-state index contributed by atoms with van der Waals surface area (Å²) in [5.74, 6) is -1.32. The van der Waals surface area contributed by atoms with Gasteiger partial charge >= 0.3 is 12.0 Å². The van der Waals surface area contributed by atoms with Crippen LogP contribution in [0, 0.1) is 5.92 Å². The Morgan fingerprint density at radius 1 is 1.52 bits per heavy atom. The number of nitrogens with zero attached hydrogens (tertiary/aromatic N) is 1. The maximum absolute atomic E-state index is 12.2. The van der Waals surface area contributed by atoms with Crippen LogP contribution in [0.15, 0.2) is 29.3 Å². The second kappa shape index (κ2) is 6.58. The average Bonchev–Trinajstić information content (AvgIpc) is 2.46. The second-order valence-electron chi connectivity index (χ2n) is 4.49. The molecule has 1 aromatic carbocycles. The maximum atomic E-state index is 12.2. The van der Waals surface area contributed by atoms with Gasteiger partial charge < -0.3 is 15.2 Å². The predicted molar refractivity (Wildman–Crippen MR) is 77.7 cm³/mol. The lowest BCUT2D eigenvalue weighted by Crippen LogP contribution is -2.45. The van der Waals surface area contributed by atoms with Gasteiger partial charge in [-0.05, 0) is 24.6 Å². The van der Waals surface area contributed by atoms with E-state index in [-0.39, 0.29) is 23.9 Å². The van der Waals surface area contributed by atoms with Gasteiger partial charge in [0.05, 0.1) is 24.2 Å². The number of phenolic OH excluding ortho intramolecular Hbond substituents is 1. The molecule has 2 amide bonds. The number of aliphatic imine (C=N–C) groups is 1. The molecular weight excluding hydrogens is 296 g/mol. The number of carbonyl (C=O) groups is 2. The van der Waals surface area contributed by atoms with Crippen molar-refractivity contribution >= 4 is 29.3 Å². The van der Waals surface area contributed by atoms with Crippen molar-refractivity contribution in [2.24, 2.45) is 10.9 Å². The lowest BCUT2D eigenvalue weighted by atomic mass is 9.88. The predicted octanol–water partition coefficient (Wildman–Crippen LogP) is 2.02. The molecule has 21 heavy (non-hydrogen) atoms. The number of ether oxygens (including phenoxy) is 1. The monoisotopic (exact) mass is 310 g/mol. The third kappa shape index (κ3) is 3.33. The second-order valence-corrected chi connectivity index (χ2v) is 4.76. The molecule has 1 aliphatic heterocycles. The number of esters is 1. The van der Waals surface area contributed by atoms with Crippen LogP contribution in [-0.2, 0) is 9.53 Å². The average molecular weight is 311 g/mol. The Kier molecular flexibility index (Phi) is 4.80. The quantitative estimate of drug-likeness (QED) is 0.658. The smallest absolute Gasteiger partial charge is 0.341 e. The molecule has 2 rings (SSSR count). The number of nitrogens with one attached hydrogen (secondary N) is 1. The minimum atomic E-state index is -0.804. The Morgan fingerprint density at radius 3 is 2.90 bits per heavy atom. The summed E-state index contributed by atoms with van der Waals surface area (Å²) in [4.78, 5) is 27.6. The first-order valence-electron chi connectivity index (χ1n) is 6.46. The molecular formula is C14H15ClN2O4. The van der Waals surface area contributed by atoms with Crippen LogP contribution >= 0.6 is 11.6 Å². The number of aromatic hydroxyl groups is 1. The van der Waals surface area contributed by atoms with Gasteiger partial charge in [-0.1, -0.05) is 12.1 Å². The van der Waals surface area contributed by atoms with Crippen LogP contribution in [0.1, 0.15) is 18.5 Å². The maximum Gasteiger partial charge on any atom is 0.341 e. The van der Waals surface area contributed by atoms with Crippen LogP contribution in [0.2, 0.25) is 0 Å². The van der Waals surface area contributed by atoms with Gasteiger partial charge in [0.1, 0.15) is 11.7 Å². The van der Waals surface area contributed by atoms with Crippen molar-refractivity contribution in [3.63, 3.8) is 0 Å². The Hall–Kier alpha value is -2.08. The van der Waals surface area contributed by atoms with E-state index in [1.54, 1.807) is 19.1 Å². The molecule has 0 bridgehead atoms. The molecule has 2 unspecified atom stereocenters. The van der Waals surface area contributed by atoms with Crippen molar-refractivity contribution in [2.45, 2.75) is 13.0 Å². The fraction of sp³-hybridized carbons (Fsp3) is 0.357. The van der Waals surface area contributed by atoms with Gasteiger partial charge in [0, 0.05) is 0 Å². The minimum absolute atomic E-state index is 0.0410. The summed E-state index contributed by atoms with van der Waals surface area (Å²) in [5.41, 5.74) is 0.839. The number of alkyl halides is 1. The first kappa shape index (κ1) is 15.3. The molecule has 0 saturated heterocycles. The molecule has 6 nitrogen and oxygen atoms in total. The molecule has 2 N–H and O–H groups in total. The molecule has 0 saturated carbocycles. The zero-order valence-corrected chi connectivity index (χ0v) is 12.1. The number of carbonyl (C=O) groups excluding carboxylic acids is 2. The van der Waals surface area contributed by atoms with E-state index in [9.17, 15) is 14.7 Å². The van der Waals surface area contributed by atoms with Crippen LogP contribution in [0.4, 0.5) is 4.79 Å². The molecule has 1 heterocycles. The fourth-order valence-electron chi connectivity index (χ4n) is 2.25. The molecule has 112 valence electrons. The van der Waals surface area contributed by atoms with Gasteiger partial charge in [0.15, 0.2) is 0 Å². The van der Waals surface area contributed by atoms with Gasteiger partial charge in [-0.3, -0.25) is 4.79 Å². The van der Waals surface area contributed by atoms with E-state index in [4.69, 9.17) is 16.3 Å². The van der Waals surface area contributed by atoms with Crippen molar-refractivity contribution in [3.8, 4) is 5.75 Å². The molecule has 0 aromatic heterocycles. The third-order valence-electron chi connectivity index (χ3n) is 3.12. The fourth-order valence-corrected chi connectivity index (χ4v) is 2.48. The topological polar surface area (TPSA) is 88.0 Å². The van der Waals surface area contributed by atoms with E-state index in [0.717, 1.165) is 0 Å². The number of hydrogen-bond acceptors (Lipinski definition) is 4. The largest absolute Gasteiger partial charge is 0.508 e. The van der Waals surface area contributed by atoms with E-state index in [1.165, 1.54) is 12.1 Å². The summed E-state index contributed by atoms with van der Waals surface area (Å²) >= 11 is 5.80. The third-order valence-corrected chi connectivity index (χ3v) is 3.40.